The molecule has 116 valence electrons. The normalized spacial score (nSPS) is 16.3. The molecule has 0 radical (unpaired) electrons. The number of fused-ring (bicyclic) bond motifs is 1. The molecule has 5 heteroatoms. The van der Waals surface area contributed by atoms with Gasteiger partial charge in [-0.15, -0.1) is 11.3 Å². The number of hydrogen-bond donors (Lipinski definition) is 0. The average Bonchev–Trinajstić information content (AvgIpc) is 3.14. The van der Waals surface area contributed by atoms with Gasteiger partial charge in [0.2, 0.25) is 0 Å². The summed E-state index contributed by atoms with van der Waals surface area (Å²) in [6, 6.07) is 5.85. The number of rotatable bonds is 2. The van der Waals surface area contributed by atoms with E-state index in [1.54, 1.807) is 23.0 Å². The third kappa shape index (κ3) is 2.41. The van der Waals surface area contributed by atoms with Crippen molar-refractivity contribution in [1.29, 1.82) is 0 Å². The average molecular weight is 323 g/mol. The first-order valence-electron chi connectivity index (χ1n) is 7.63. The van der Waals surface area contributed by atoms with Gasteiger partial charge in [-0.2, -0.15) is 0 Å². The Morgan fingerprint density at radius 1 is 1.26 bits per heavy atom. The summed E-state index contributed by atoms with van der Waals surface area (Å²) >= 11 is 1.56. The molecule has 1 aliphatic rings. The van der Waals surface area contributed by atoms with Crippen LogP contribution in [-0.4, -0.2) is 20.3 Å². The largest absolute Gasteiger partial charge is 0.304 e. The lowest BCUT2D eigenvalue weighted by Gasteiger charge is -2.29. The molecular formula is C18H17N3OS. The topological polar surface area (TPSA) is 47.8 Å². The molecular weight excluding hydrogens is 306 g/mol. The molecule has 0 atom stereocenters. The van der Waals surface area contributed by atoms with E-state index in [4.69, 9.17) is 0 Å². The molecule has 0 unspecified atom stereocenters. The maximum atomic E-state index is 12.8. The van der Waals surface area contributed by atoms with Crippen molar-refractivity contribution >= 4 is 17.1 Å². The molecule has 0 bridgehead atoms. The van der Waals surface area contributed by atoms with E-state index < -0.39 is 0 Å². The van der Waals surface area contributed by atoms with Crippen LogP contribution in [0.25, 0.3) is 16.3 Å². The van der Waals surface area contributed by atoms with Gasteiger partial charge < -0.3 is 4.57 Å². The zero-order valence-corrected chi connectivity index (χ0v) is 13.9. The molecule has 0 spiro atoms. The van der Waals surface area contributed by atoms with Gasteiger partial charge >= 0.3 is 0 Å². The number of Topliss-reactive ketones (excluding diaryl/α,β-unsaturated/α-hetero) is 1. The highest BCUT2D eigenvalue weighted by Crippen LogP contribution is 2.41. The van der Waals surface area contributed by atoms with Crippen LogP contribution < -0.4 is 0 Å². The van der Waals surface area contributed by atoms with Crippen LogP contribution in [0.2, 0.25) is 0 Å². The summed E-state index contributed by atoms with van der Waals surface area (Å²) in [6.07, 6.45) is 7.10. The number of pyridine rings is 1. The fourth-order valence-electron chi connectivity index (χ4n) is 3.31. The van der Waals surface area contributed by atoms with E-state index in [1.165, 1.54) is 0 Å². The summed E-state index contributed by atoms with van der Waals surface area (Å²) in [5.41, 5.74) is 4.66. The van der Waals surface area contributed by atoms with Crippen LogP contribution in [0.3, 0.4) is 0 Å². The van der Waals surface area contributed by atoms with Crippen LogP contribution >= 0.6 is 11.3 Å². The Bertz CT molecular complexity index is 863. The number of aromatic nitrogens is 3. The fraction of sp³-hybridized carbons (Fsp3) is 0.278. The van der Waals surface area contributed by atoms with Crippen molar-refractivity contribution in [2.45, 2.75) is 26.7 Å². The molecule has 0 amide bonds. The first kappa shape index (κ1) is 14.3. The number of ketones is 1. The van der Waals surface area contributed by atoms with Crippen LogP contribution in [0.4, 0.5) is 0 Å². The van der Waals surface area contributed by atoms with Crippen molar-refractivity contribution in [3.8, 4) is 16.3 Å². The molecule has 3 aromatic rings. The third-order valence-electron chi connectivity index (χ3n) is 4.26. The van der Waals surface area contributed by atoms with E-state index >= 15 is 0 Å². The van der Waals surface area contributed by atoms with Crippen molar-refractivity contribution in [3.05, 3.63) is 53.6 Å². The highest BCUT2D eigenvalue weighted by atomic mass is 32.1. The van der Waals surface area contributed by atoms with Crippen LogP contribution in [0.1, 0.15) is 36.3 Å². The van der Waals surface area contributed by atoms with Gasteiger partial charge in [0.05, 0.1) is 10.4 Å². The second-order valence-electron chi connectivity index (χ2n) is 6.73. The number of nitrogens with zero attached hydrogens (tertiary/aromatic N) is 3. The van der Waals surface area contributed by atoms with E-state index in [0.717, 1.165) is 33.9 Å². The predicted octanol–water partition coefficient (Wildman–Crippen LogP) is 4.15. The van der Waals surface area contributed by atoms with Gasteiger partial charge in [0.15, 0.2) is 5.78 Å². The van der Waals surface area contributed by atoms with Gasteiger partial charge in [0, 0.05) is 41.8 Å². The molecule has 4 rings (SSSR count). The van der Waals surface area contributed by atoms with Gasteiger partial charge in [-0.1, -0.05) is 19.9 Å². The smallest absolute Gasteiger partial charge is 0.165 e. The highest BCUT2D eigenvalue weighted by Gasteiger charge is 2.36. The minimum absolute atomic E-state index is 0.0278. The lowest BCUT2D eigenvalue weighted by molar-refractivity contribution is 0.0911. The van der Waals surface area contributed by atoms with E-state index in [0.29, 0.717) is 6.42 Å². The summed E-state index contributed by atoms with van der Waals surface area (Å²) < 4.78 is 2.07. The maximum Gasteiger partial charge on any atom is 0.165 e. The quantitative estimate of drug-likeness (QED) is 0.712. The summed E-state index contributed by atoms with van der Waals surface area (Å²) in [6.45, 7) is 4.30. The number of carbonyl (C=O) groups excluding carboxylic acids is 1. The Hall–Kier alpha value is -2.27. The van der Waals surface area contributed by atoms with Crippen molar-refractivity contribution < 1.29 is 4.79 Å². The first-order valence-corrected chi connectivity index (χ1v) is 8.51. The van der Waals surface area contributed by atoms with Crippen LogP contribution in [0, 0.1) is 5.41 Å². The van der Waals surface area contributed by atoms with E-state index in [9.17, 15) is 4.79 Å². The number of hydrogen-bond acceptors (Lipinski definition) is 4. The Morgan fingerprint density at radius 3 is 2.83 bits per heavy atom. The number of carbonyl (C=O) groups is 1. The second kappa shape index (κ2) is 5.13. The third-order valence-corrected chi connectivity index (χ3v) is 5.07. The van der Waals surface area contributed by atoms with Crippen LogP contribution in [0.5, 0.6) is 0 Å². The zero-order valence-electron chi connectivity index (χ0n) is 13.1. The fourth-order valence-corrected chi connectivity index (χ4v) is 3.95. The molecule has 0 aromatic carbocycles. The Morgan fingerprint density at radius 2 is 2.13 bits per heavy atom. The predicted molar refractivity (Wildman–Crippen MR) is 91.1 cm³/mol. The number of thiazole rings is 1. The van der Waals surface area contributed by atoms with Gasteiger partial charge in [-0.05, 0) is 24.0 Å². The molecule has 23 heavy (non-hydrogen) atoms. The van der Waals surface area contributed by atoms with Crippen molar-refractivity contribution in [3.63, 3.8) is 0 Å². The lowest BCUT2D eigenvalue weighted by Crippen LogP contribution is -2.28. The first-order chi connectivity index (χ1) is 11.1. The lowest BCUT2D eigenvalue weighted by atomic mass is 9.75. The zero-order chi connectivity index (χ0) is 16.0. The SMILES string of the molecule is CC1(C)CC(=O)c2c(-c3cncs3)cn(-c3ccccn3)c2C1. The van der Waals surface area contributed by atoms with Crippen molar-refractivity contribution in [2.75, 3.05) is 0 Å². The molecule has 0 saturated heterocycles. The summed E-state index contributed by atoms with van der Waals surface area (Å²) in [5.74, 6) is 1.07. The van der Waals surface area contributed by atoms with Gasteiger partial charge in [-0.25, -0.2) is 4.98 Å². The van der Waals surface area contributed by atoms with Gasteiger partial charge in [0.1, 0.15) is 5.82 Å². The Kier molecular flexibility index (Phi) is 3.20. The second-order valence-corrected chi connectivity index (χ2v) is 7.62. The molecule has 1 aliphatic carbocycles. The summed E-state index contributed by atoms with van der Waals surface area (Å²) in [7, 11) is 0. The highest BCUT2D eigenvalue weighted by molar-refractivity contribution is 7.13. The molecule has 0 saturated carbocycles. The monoisotopic (exact) mass is 323 g/mol. The van der Waals surface area contributed by atoms with Gasteiger partial charge in [0.25, 0.3) is 0 Å². The minimum atomic E-state index is -0.0278. The van der Waals surface area contributed by atoms with E-state index in [2.05, 4.69) is 28.4 Å². The molecule has 0 aliphatic heterocycles. The standard InChI is InChI=1S/C18H17N3OS/c1-18(2)7-13-17(14(22)8-18)12(15-9-19-11-23-15)10-21(13)16-5-3-4-6-20-16/h3-6,9-11H,7-8H2,1-2H3. The molecule has 3 aromatic heterocycles. The molecule has 4 nitrogen and oxygen atoms in total. The molecule has 0 N–H and O–H groups in total. The van der Waals surface area contributed by atoms with E-state index in [-0.39, 0.29) is 11.2 Å². The maximum absolute atomic E-state index is 12.8. The van der Waals surface area contributed by atoms with Crippen LogP contribution in [-0.2, 0) is 6.42 Å². The van der Waals surface area contributed by atoms with E-state index in [1.807, 2.05) is 30.6 Å². The van der Waals surface area contributed by atoms with Gasteiger partial charge in [-0.3, -0.25) is 9.78 Å². The Labute approximate surface area is 138 Å². The summed E-state index contributed by atoms with van der Waals surface area (Å²) in [4.78, 5) is 22.5. The minimum Gasteiger partial charge on any atom is -0.304 e. The molecule has 0 fully saturated rings. The Balaban J connectivity index is 1.98. The van der Waals surface area contributed by atoms with Crippen molar-refractivity contribution in [2.24, 2.45) is 5.41 Å². The van der Waals surface area contributed by atoms with Crippen molar-refractivity contribution in [1.82, 2.24) is 14.5 Å². The summed E-state index contributed by atoms with van der Waals surface area (Å²) in [5, 5.41) is 0. The molecule has 3 heterocycles. The van der Waals surface area contributed by atoms with Crippen LogP contribution in [0.15, 0.2) is 42.3 Å².